The number of hydrogen-bond acceptors (Lipinski definition) is 3. The highest BCUT2D eigenvalue weighted by Gasteiger charge is 2.35. The number of phenolic OH excluding ortho intramolecular Hbond substituents is 1. The van der Waals surface area contributed by atoms with Crippen LogP contribution in [-0.2, 0) is 9.59 Å². The number of aliphatic carboxylic acids is 2. The molecule has 0 saturated carbocycles. The van der Waals surface area contributed by atoms with Crippen LogP contribution in [0.3, 0.4) is 0 Å². The summed E-state index contributed by atoms with van der Waals surface area (Å²) in [6, 6.07) is 6.03. The van der Waals surface area contributed by atoms with E-state index in [1.54, 1.807) is 12.1 Å². The monoisotopic (exact) mass is 266 g/mol. The fourth-order valence-electron chi connectivity index (χ4n) is 2.12. The van der Waals surface area contributed by atoms with Gasteiger partial charge in [-0.1, -0.05) is 31.9 Å². The SMILES string of the molecule is CCCCC(c1ccc(O)cc1)C(C(=O)O)C(=O)O. The van der Waals surface area contributed by atoms with Crippen molar-refractivity contribution >= 4 is 11.9 Å². The second-order valence-corrected chi connectivity index (χ2v) is 4.49. The fourth-order valence-corrected chi connectivity index (χ4v) is 2.12. The van der Waals surface area contributed by atoms with Gasteiger partial charge in [0, 0.05) is 5.92 Å². The molecule has 0 aliphatic rings. The minimum Gasteiger partial charge on any atom is -0.508 e. The Morgan fingerprint density at radius 3 is 2.05 bits per heavy atom. The maximum absolute atomic E-state index is 11.2. The van der Waals surface area contributed by atoms with Crippen molar-refractivity contribution in [3.63, 3.8) is 0 Å². The molecular weight excluding hydrogens is 248 g/mol. The topological polar surface area (TPSA) is 94.8 Å². The highest BCUT2D eigenvalue weighted by atomic mass is 16.4. The summed E-state index contributed by atoms with van der Waals surface area (Å²) in [7, 11) is 0. The molecule has 5 nitrogen and oxygen atoms in total. The molecule has 0 aromatic heterocycles. The van der Waals surface area contributed by atoms with Gasteiger partial charge in [-0.3, -0.25) is 9.59 Å². The molecule has 0 spiro atoms. The first-order valence-electron chi connectivity index (χ1n) is 6.22. The molecule has 1 atom stereocenters. The molecule has 0 fully saturated rings. The van der Waals surface area contributed by atoms with E-state index in [-0.39, 0.29) is 5.75 Å². The van der Waals surface area contributed by atoms with E-state index in [0.717, 1.165) is 12.8 Å². The zero-order chi connectivity index (χ0) is 14.4. The molecule has 0 amide bonds. The molecule has 1 aromatic rings. The van der Waals surface area contributed by atoms with Gasteiger partial charge in [0.15, 0.2) is 5.92 Å². The second kappa shape index (κ2) is 6.78. The van der Waals surface area contributed by atoms with Crippen LogP contribution in [0.4, 0.5) is 0 Å². The first-order chi connectivity index (χ1) is 8.97. The minimum atomic E-state index is -1.46. The molecular formula is C14H18O5. The lowest BCUT2D eigenvalue weighted by Crippen LogP contribution is -2.30. The molecule has 19 heavy (non-hydrogen) atoms. The van der Waals surface area contributed by atoms with Gasteiger partial charge in [0.05, 0.1) is 0 Å². The lowest BCUT2D eigenvalue weighted by Gasteiger charge is -2.21. The standard InChI is InChI=1S/C14H18O5/c1-2-3-4-11(12(13(16)17)14(18)19)9-5-7-10(15)8-6-9/h5-8,11-12,15H,2-4H2,1H3,(H,16,17)(H,18,19). The molecule has 104 valence electrons. The van der Waals surface area contributed by atoms with E-state index in [0.29, 0.717) is 12.0 Å². The van der Waals surface area contributed by atoms with Crippen molar-refractivity contribution in [2.45, 2.75) is 32.1 Å². The quantitative estimate of drug-likeness (QED) is 0.659. The van der Waals surface area contributed by atoms with Gasteiger partial charge in [-0.15, -0.1) is 0 Å². The fraction of sp³-hybridized carbons (Fsp3) is 0.429. The summed E-state index contributed by atoms with van der Waals surface area (Å²) in [6.45, 7) is 1.96. The lowest BCUT2D eigenvalue weighted by molar-refractivity contribution is -0.155. The van der Waals surface area contributed by atoms with Crippen LogP contribution in [0.1, 0.15) is 37.7 Å². The van der Waals surface area contributed by atoms with E-state index in [2.05, 4.69) is 0 Å². The van der Waals surface area contributed by atoms with E-state index < -0.39 is 23.8 Å². The van der Waals surface area contributed by atoms with Crippen molar-refractivity contribution < 1.29 is 24.9 Å². The van der Waals surface area contributed by atoms with Crippen LogP contribution in [0.2, 0.25) is 0 Å². The van der Waals surface area contributed by atoms with Crippen LogP contribution in [0, 0.1) is 5.92 Å². The Balaban J connectivity index is 3.08. The van der Waals surface area contributed by atoms with Gasteiger partial charge < -0.3 is 15.3 Å². The maximum Gasteiger partial charge on any atom is 0.318 e. The predicted octanol–water partition coefficient (Wildman–Crippen LogP) is 2.45. The Morgan fingerprint density at radius 2 is 1.63 bits per heavy atom. The number of hydrogen-bond donors (Lipinski definition) is 3. The highest BCUT2D eigenvalue weighted by Crippen LogP contribution is 2.31. The average molecular weight is 266 g/mol. The number of carbonyl (C=O) groups is 2. The molecule has 0 aliphatic heterocycles. The molecule has 0 aliphatic carbocycles. The van der Waals surface area contributed by atoms with Crippen LogP contribution < -0.4 is 0 Å². The van der Waals surface area contributed by atoms with Gasteiger partial charge in [-0.25, -0.2) is 0 Å². The summed E-state index contributed by atoms with van der Waals surface area (Å²) >= 11 is 0. The van der Waals surface area contributed by atoms with Gasteiger partial charge >= 0.3 is 11.9 Å². The molecule has 5 heteroatoms. The Bertz CT molecular complexity index is 424. The Morgan fingerprint density at radius 1 is 1.11 bits per heavy atom. The van der Waals surface area contributed by atoms with Crippen LogP contribution in [-0.4, -0.2) is 27.3 Å². The third kappa shape index (κ3) is 3.98. The lowest BCUT2D eigenvalue weighted by atomic mass is 9.82. The second-order valence-electron chi connectivity index (χ2n) is 4.49. The first kappa shape index (κ1) is 15.0. The van der Waals surface area contributed by atoms with Crippen LogP contribution in [0.15, 0.2) is 24.3 Å². The number of aromatic hydroxyl groups is 1. The Labute approximate surface area is 111 Å². The van der Waals surface area contributed by atoms with Crippen molar-refractivity contribution in [2.75, 3.05) is 0 Å². The molecule has 1 aromatic carbocycles. The van der Waals surface area contributed by atoms with Crippen molar-refractivity contribution in [3.05, 3.63) is 29.8 Å². The molecule has 0 heterocycles. The minimum absolute atomic E-state index is 0.0696. The molecule has 0 saturated heterocycles. The van der Waals surface area contributed by atoms with Crippen LogP contribution >= 0.6 is 0 Å². The first-order valence-corrected chi connectivity index (χ1v) is 6.22. The van der Waals surface area contributed by atoms with Gasteiger partial charge in [0.25, 0.3) is 0 Å². The largest absolute Gasteiger partial charge is 0.508 e. The summed E-state index contributed by atoms with van der Waals surface area (Å²) in [6.07, 6.45) is 2.10. The highest BCUT2D eigenvalue weighted by molar-refractivity contribution is 5.94. The summed E-state index contributed by atoms with van der Waals surface area (Å²) in [5, 5.41) is 27.4. The van der Waals surface area contributed by atoms with Gasteiger partial charge in [0.1, 0.15) is 5.75 Å². The predicted molar refractivity (Wildman–Crippen MR) is 69.1 cm³/mol. The third-order valence-corrected chi connectivity index (χ3v) is 3.12. The van der Waals surface area contributed by atoms with E-state index >= 15 is 0 Å². The molecule has 3 N–H and O–H groups in total. The van der Waals surface area contributed by atoms with E-state index in [1.807, 2.05) is 6.92 Å². The maximum atomic E-state index is 11.2. The molecule has 0 radical (unpaired) electrons. The van der Waals surface area contributed by atoms with Crippen LogP contribution in [0.25, 0.3) is 0 Å². The molecule has 1 rings (SSSR count). The number of unbranched alkanes of at least 4 members (excludes halogenated alkanes) is 1. The number of benzene rings is 1. The average Bonchev–Trinajstić information content (AvgIpc) is 2.34. The third-order valence-electron chi connectivity index (χ3n) is 3.12. The molecule has 0 bridgehead atoms. The number of carboxylic acid groups (broad SMARTS) is 2. The number of carboxylic acids is 2. The Hall–Kier alpha value is -2.04. The van der Waals surface area contributed by atoms with E-state index in [9.17, 15) is 14.7 Å². The van der Waals surface area contributed by atoms with Crippen molar-refractivity contribution in [1.29, 1.82) is 0 Å². The normalized spacial score (nSPS) is 12.3. The Kier molecular flexibility index (Phi) is 5.36. The zero-order valence-corrected chi connectivity index (χ0v) is 10.7. The number of rotatable bonds is 7. The van der Waals surface area contributed by atoms with Gasteiger partial charge in [0.2, 0.25) is 0 Å². The zero-order valence-electron chi connectivity index (χ0n) is 10.7. The van der Waals surface area contributed by atoms with Gasteiger partial charge in [-0.2, -0.15) is 0 Å². The summed E-state index contributed by atoms with van der Waals surface area (Å²) in [5.41, 5.74) is 0.626. The summed E-state index contributed by atoms with van der Waals surface area (Å²) < 4.78 is 0. The van der Waals surface area contributed by atoms with Crippen LogP contribution in [0.5, 0.6) is 5.75 Å². The van der Waals surface area contributed by atoms with Gasteiger partial charge in [-0.05, 0) is 24.1 Å². The van der Waals surface area contributed by atoms with E-state index in [4.69, 9.17) is 10.2 Å². The van der Waals surface area contributed by atoms with Crippen molar-refractivity contribution in [3.8, 4) is 5.75 Å². The molecule has 1 unspecified atom stereocenters. The summed E-state index contributed by atoms with van der Waals surface area (Å²) in [5.74, 6) is -4.64. The van der Waals surface area contributed by atoms with E-state index in [1.165, 1.54) is 12.1 Å². The summed E-state index contributed by atoms with van der Waals surface area (Å²) in [4.78, 5) is 22.3. The number of phenols is 1. The van der Waals surface area contributed by atoms with Crippen molar-refractivity contribution in [1.82, 2.24) is 0 Å². The van der Waals surface area contributed by atoms with Crippen molar-refractivity contribution in [2.24, 2.45) is 5.92 Å². The smallest absolute Gasteiger partial charge is 0.318 e.